The molecule has 0 saturated heterocycles. The molecule has 0 atom stereocenters. The van der Waals surface area contributed by atoms with E-state index in [2.05, 4.69) is 46.9 Å². The Morgan fingerprint density at radius 1 is 0.852 bits per heavy atom. The van der Waals surface area contributed by atoms with Crippen molar-refractivity contribution in [2.75, 3.05) is 0 Å². The summed E-state index contributed by atoms with van der Waals surface area (Å²) in [5.41, 5.74) is 4.55. The molecule has 3 nitrogen and oxygen atoms in total. The maximum absolute atomic E-state index is 6.15. The smallest absolute Gasteiger partial charge is 0.223 e. The second-order valence-electron chi connectivity index (χ2n) is 6.00. The minimum Gasteiger partial charge on any atom is -0.438 e. The maximum atomic E-state index is 6.15. The SMILES string of the molecule is [CH3-].[Ir].[Y].[c-]1cccc2c1c1nc3c4ccccc4oc3n1c1ccccc21. The molecule has 0 aliphatic heterocycles. The van der Waals surface area contributed by atoms with Gasteiger partial charge in [0.05, 0.1) is 5.65 Å². The summed E-state index contributed by atoms with van der Waals surface area (Å²) in [4.78, 5) is 4.92. The van der Waals surface area contributed by atoms with Crippen LogP contribution in [0.5, 0.6) is 0 Å². The molecule has 0 spiro atoms. The van der Waals surface area contributed by atoms with E-state index in [1.165, 1.54) is 5.39 Å². The van der Waals surface area contributed by atoms with Gasteiger partial charge >= 0.3 is 0 Å². The average Bonchev–Trinajstić information content (AvgIpc) is 3.18. The standard InChI is InChI=1S/C21H11N2O.CH3.Ir.Y/c1-2-9-15-13(7-1)14-8-3-5-11-17(14)23-20(15)22-19-16-10-4-6-12-18(16)24-21(19)23;;;/h1-8,10-12H;1H3;;/q2*-1;;. The van der Waals surface area contributed by atoms with E-state index >= 15 is 0 Å². The van der Waals surface area contributed by atoms with Gasteiger partial charge < -0.3 is 16.2 Å². The van der Waals surface area contributed by atoms with Crippen molar-refractivity contribution in [2.45, 2.75) is 0 Å². The molecule has 3 aromatic heterocycles. The first-order chi connectivity index (χ1) is 11.9. The summed E-state index contributed by atoms with van der Waals surface area (Å²) in [6.45, 7) is 0. The molecule has 2 radical (unpaired) electrons. The third-order valence-corrected chi connectivity index (χ3v) is 4.70. The fraction of sp³-hybridized carbons (Fsp3) is 0. The van der Waals surface area contributed by atoms with E-state index in [-0.39, 0.29) is 60.2 Å². The van der Waals surface area contributed by atoms with E-state index in [1.54, 1.807) is 0 Å². The van der Waals surface area contributed by atoms with E-state index < -0.39 is 0 Å². The van der Waals surface area contributed by atoms with Crippen LogP contribution >= 0.6 is 0 Å². The Hall–Kier alpha value is -1.58. The average molecular weight is 603 g/mol. The number of para-hydroxylation sites is 2. The summed E-state index contributed by atoms with van der Waals surface area (Å²) in [5.74, 6) is 0. The van der Waals surface area contributed by atoms with Crippen LogP contribution in [-0.4, -0.2) is 9.38 Å². The zero-order valence-corrected chi connectivity index (χ0v) is 19.8. The van der Waals surface area contributed by atoms with Crippen LogP contribution < -0.4 is 0 Å². The molecule has 0 unspecified atom stereocenters. The van der Waals surface area contributed by atoms with Gasteiger partial charge in [0.2, 0.25) is 5.71 Å². The van der Waals surface area contributed by atoms with Gasteiger partial charge in [-0.2, -0.15) is 0 Å². The van der Waals surface area contributed by atoms with Crippen molar-refractivity contribution in [2.24, 2.45) is 0 Å². The number of hydrogen-bond acceptors (Lipinski definition) is 2. The number of furan rings is 1. The molecule has 0 bridgehead atoms. The number of nitrogens with zero attached hydrogens (tertiary/aromatic N) is 2. The van der Waals surface area contributed by atoms with Gasteiger partial charge in [0.25, 0.3) is 0 Å². The molecule has 0 saturated carbocycles. The summed E-state index contributed by atoms with van der Waals surface area (Å²) >= 11 is 0. The first kappa shape index (κ1) is 20.2. The normalized spacial score (nSPS) is 10.8. The Morgan fingerprint density at radius 2 is 1.56 bits per heavy atom. The molecule has 0 amide bonds. The quantitative estimate of drug-likeness (QED) is 0.163. The Balaban J connectivity index is 0.000000701. The van der Waals surface area contributed by atoms with E-state index in [0.29, 0.717) is 0 Å². The summed E-state index contributed by atoms with van der Waals surface area (Å²) in [7, 11) is 0. The Kier molecular flexibility index (Phi) is 5.56. The largest absolute Gasteiger partial charge is 0.438 e. The number of fused-ring (bicyclic) bond motifs is 10. The number of hydrogen-bond donors (Lipinski definition) is 0. The van der Waals surface area contributed by atoms with Crippen molar-refractivity contribution in [3.8, 4) is 0 Å². The van der Waals surface area contributed by atoms with E-state index in [4.69, 9.17) is 9.40 Å². The molecule has 3 heterocycles. The third kappa shape index (κ3) is 2.70. The van der Waals surface area contributed by atoms with Gasteiger partial charge in [0, 0.05) is 63.7 Å². The molecule has 0 fully saturated rings. The maximum Gasteiger partial charge on any atom is 0.223 e. The molecule has 132 valence electrons. The van der Waals surface area contributed by atoms with Gasteiger partial charge in [-0.3, -0.25) is 4.98 Å². The van der Waals surface area contributed by atoms with Crippen LogP contribution in [0.3, 0.4) is 0 Å². The van der Waals surface area contributed by atoms with Gasteiger partial charge in [-0.25, -0.2) is 0 Å². The number of aromatic nitrogens is 2. The van der Waals surface area contributed by atoms with E-state index in [0.717, 1.165) is 44.1 Å². The molecular weight excluding hydrogens is 589 g/mol. The van der Waals surface area contributed by atoms with Crippen LogP contribution in [-0.2, 0) is 52.8 Å². The summed E-state index contributed by atoms with van der Waals surface area (Å²) in [5, 5.41) is 4.41. The van der Waals surface area contributed by atoms with Crippen molar-refractivity contribution < 1.29 is 57.2 Å². The van der Waals surface area contributed by atoms with Crippen LogP contribution in [0.15, 0.2) is 71.1 Å². The predicted molar refractivity (Wildman–Crippen MR) is 103 cm³/mol. The van der Waals surface area contributed by atoms with Crippen molar-refractivity contribution in [1.82, 2.24) is 9.38 Å². The summed E-state index contributed by atoms with van der Waals surface area (Å²) < 4.78 is 8.26. The molecule has 27 heavy (non-hydrogen) atoms. The Bertz CT molecular complexity index is 1420. The summed E-state index contributed by atoms with van der Waals surface area (Å²) in [6.07, 6.45) is 0. The topological polar surface area (TPSA) is 30.4 Å². The summed E-state index contributed by atoms with van der Waals surface area (Å²) in [6, 6.07) is 25.9. The second-order valence-corrected chi connectivity index (χ2v) is 6.00. The third-order valence-electron chi connectivity index (χ3n) is 4.70. The number of imidazole rings is 1. The number of pyridine rings is 1. The zero-order valence-electron chi connectivity index (χ0n) is 14.6. The number of benzene rings is 3. The Morgan fingerprint density at radius 3 is 2.41 bits per heavy atom. The van der Waals surface area contributed by atoms with Gasteiger partial charge in [-0.05, 0) is 23.6 Å². The van der Waals surface area contributed by atoms with Crippen LogP contribution in [0, 0.1) is 13.5 Å². The first-order valence-corrected chi connectivity index (χ1v) is 7.92. The molecule has 0 N–H and O–H groups in total. The predicted octanol–water partition coefficient (Wildman–Crippen LogP) is 5.79. The molecule has 0 aliphatic carbocycles. The Labute approximate surface area is 195 Å². The van der Waals surface area contributed by atoms with Gasteiger partial charge in [0.15, 0.2) is 0 Å². The van der Waals surface area contributed by atoms with Crippen LogP contribution in [0.2, 0.25) is 0 Å². The molecule has 3 aromatic carbocycles. The van der Waals surface area contributed by atoms with Crippen molar-refractivity contribution in [3.05, 3.63) is 80.2 Å². The first-order valence-electron chi connectivity index (χ1n) is 7.92. The zero-order chi connectivity index (χ0) is 15.7. The molecule has 6 aromatic rings. The van der Waals surface area contributed by atoms with E-state index in [9.17, 15) is 0 Å². The van der Waals surface area contributed by atoms with E-state index in [1.807, 2.05) is 30.3 Å². The minimum atomic E-state index is 0. The van der Waals surface area contributed by atoms with Crippen LogP contribution in [0.1, 0.15) is 0 Å². The fourth-order valence-corrected chi connectivity index (χ4v) is 3.66. The van der Waals surface area contributed by atoms with Crippen LogP contribution in [0.25, 0.3) is 49.5 Å². The van der Waals surface area contributed by atoms with Crippen molar-refractivity contribution >= 4 is 49.5 Å². The molecule has 6 rings (SSSR count). The number of rotatable bonds is 0. The van der Waals surface area contributed by atoms with Crippen molar-refractivity contribution in [3.63, 3.8) is 0 Å². The molecular formula is C22H14IrN2OY-2. The monoisotopic (exact) mass is 604 g/mol. The van der Waals surface area contributed by atoms with Crippen molar-refractivity contribution in [1.29, 1.82) is 0 Å². The molecule has 0 aliphatic rings. The second kappa shape index (κ2) is 7.45. The van der Waals surface area contributed by atoms with Gasteiger partial charge in [0.1, 0.15) is 11.1 Å². The minimum absolute atomic E-state index is 0. The van der Waals surface area contributed by atoms with Gasteiger partial charge in [-0.1, -0.05) is 35.7 Å². The fourth-order valence-electron chi connectivity index (χ4n) is 3.66. The van der Waals surface area contributed by atoms with Crippen LogP contribution in [0.4, 0.5) is 0 Å². The molecule has 5 heteroatoms. The van der Waals surface area contributed by atoms with Gasteiger partial charge in [-0.15, -0.1) is 29.7 Å².